The molecule has 0 aliphatic rings. The first-order valence-electron chi connectivity index (χ1n) is 2.24. The molecular formula is H7Al2O14P3. The van der Waals surface area contributed by atoms with Crippen molar-refractivity contribution in [2.45, 2.75) is 0 Å². The van der Waals surface area contributed by atoms with Crippen molar-refractivity contribution in [2.24, 2.45) is 0 Å². The van der Waals surface area contributed by atoms with E-state index in [1.165, 1.54) is 0 Å². The second kappa shape index (κ2) is 17.4. The predicted molar refractivity (Wildman–Crippen MR) is 48.2 cm³/mol. The molecule has 112 valence electrons. The Hall–Kier alpha value is 1.31. The summed E-state index contributed by atoms with van der Waals surface area (Å²) >= 11 is 0. The van der Waals surface area contributed by atoms with Gasteiger partial charge >= 0.3 is 34.7 Å². The third-order valence-electron chi connectivity index (χ3n) is 0. The fraction of sp³-hybridized carbons (Fsp3) is 0. The molecule has 0 saturated carbocycles. The van der Waals surface area contributed by atoms with Crippen molar-refractivity contribution in [1.82, 2.24) is 0 Å². The summed E-state index contributed by atoms with van der Waals surface area (Å²) in [5.74, 6) is 0. The van der Waals surface area contributed by atoms with Gasteiger partial charge in [-0.1, -0.05) is 0 Å². The molecule has 0 aliphatic carbocycles. The minimum atomic E-state index is -5.14. The van der Waals surface area contributed by atoms with Crippen LogP contribution < -0.4 is 29.4 Å². The second-order valence-electron chi connectivity index (χ2n) is 1.41. The van der Waals surface area contributed by atoms with E-state index in [0.717, 1.165) is 0 Å². The Morgan fingerprint density at radius 2 is 0.526 bits per heavy atom. The van der Waals surface area contributed by atoms with E-state index in [9.17, 15) is 0 Å². The maximum absolute atomic E-state index is 8.66. The molecule has 0 aromatic carbocycles. The fourth-order valence-corrected chi connectivity index (χ4v) is 0. The van der Waals surface area contributed by atoms with Crippen LogP contribution in [0.4, 0.5) is 0 Å². The second-order valence-corrected chi connectivity index (χ2v) is 4.22. The van der Waals surface area contributed by atoms with Gasteiger partial charge in [0.2, 0.25) is 0 Å². The number of hydrogen-bond acceptors (Lipinski definition) is 9. The summed E-state index contributed by atoms with van der Waals surface area (Å²) < 4.78 is 26.0. The summed E-state index contributed by atoms with van der Waals surface area (Å²) in [4.78, 5) is 72.9. The van der Waals surface area contributed by atoms with Gasteiger partial charge in [0.15, 0.2) is 0 Å². The van der Waals surface area contributed by atoms with Gasteiger partial charge in [-0.3, -0.25) is 0 Å². The van der Waals surface area contributed by atoms with Gasteiger partial charge in [-0.15, -0.1) is 0 Å². The first-order valence-corrected chi connectivity index (χ1v) is 6.73. The van der Waals surface area contributed by atoms with E-state index in [1.54, 1.807) is 0 Å². The van der Waals surface area contributed by atoms with Crippen LogP contribution in [-0.4, -0.2) is 60.4 Å². The molecule has 0 atom stereocenters. The van der Waals surface area contributed by atoms with Crippen LogP contribution in [0, 0.1) is 0 Å². The van der Waals surface area contributed by atoms with Crippen LogP contribution in [0.3, 0.4) is 0 Å². The Morgan fingerprint density at radius 3 is 0.526 bits per heavy atom. The average molecular weight is 378 g/mol. The summed E-state index contributed by atoms with van der Waals surface area (Å²) in [6, 6.07) is 0. The molecule has 0 unspecified atom stereocenters. The molecule has 0 aromatic heterocycles. The summed E-state index contributed by atoms with van der Waals surface area (Å²) in [5.41, 5.74) is 0. The maximum atomic E-state index is 8.66. The molecule has 0 aromatic rings. The molecule has 19 heavy (non-hydrogen) atoms. The number of rotatable bonds is 0. The quantitative estimate of drug-likeness (QED) is 0.261. The van der Waals surface area contributed by atoms with Crippen molar-refractivity contribution < 1.29 is 68.7 Å². The van der Waals surface area contributed by atoms with Crippen molar-refractivity contribution in [3.05, 3.63) is 0 Å². The Morgan fingerprint density at radius 1 is 0.526 bits per heavy atom. The van der Waals surface area contributed by atoms with Crippen molar-refractivity contribution in [1.29, 1.82) is 0 Å². The SMILES string of the molecule is O.O.O=P([O-])([O-])O.O=P([O-])([O-])O.O=P([O-])([O-])O.[Al+3].[Al+3]. The summed E-state index contributed by atoms with van der Waals surface area (Å²) in [7, 11) is -15.4. The molecule has 0 heterocycles. The molecule has 0 radical (unpaired) electrons. The summed E-state index contributed by atoms with van der Waals surface area (Å²) in [6.45, 7) is 0. The molecule has 0 saturated heterocycles. The molecule has 7 N–H and O–H groups in total. The molecule has 0 spiro atoms. The normalized spacial score (nSPS) is 9.32. The molecule has 0 bridgehead atoms. The van der Waals surface area contributed by atoms with E-state index in [0.29, 0.717) is 0 Å². The number of hydrogen-bond donors (Lipinski definition) is 3. The summed E-state index contributed by atoms with van der Waals surface area (Å²) in [5, 5.41) is 0. The molecule has 0 aliphatic heterocycles. The van der Waals surface area contributed by atoms with E-state index in [4.69, 9.17) is 57.7 Å². The minimum absolute atomic E-state index is 0. The van der Waals surface area contributed by atoms with Gasteiger partial charge in [-0.2, -0.15) is 0 Å². The zero-order valence-electron chi connectivity index (χ0n) is 8.51. The Bertz CT molecular complexity index is 207. The maximum Gasteiger partial charge on any atom is 3.00 e. The van der Waals surface area contributed by atoms with Crippen molar-refractivity contribution in [3.63, 3.8) is 0 Å². The smallest absolute Gasteiger partial charge is 0.790 e. The van der Waals surface area contributed by atoms with Crippen LogP contribution in [-0.2, 0) is 13.7 Å². The first kappa shape index (κ1) is 42.7. The topological polar surface area (TPSA) is 313 Å². The third-order valence-corrected chi connectivity index (χ3v) is 0. The van der Waals surface area contributed by atoms with Crippen LogP contribution in [0.15, 0.2) is 0 Å². The van der Waals surface area contributed by atoms with Gasteiger partial charge in [-0.25, -0.2) is 0 Å². The Kier molecular flexibility index (Phi) is 39.1. The van der Waals surface area contributed by atoms with E-state index >= 15 is 0 Å². The van der Waals surface area contributed by atoms with Crippen LogP contribution in [0.5, 0.6) is 0 Å². The van der Waals surface area contributed by atoms with Crippen LogP contribution in [0.25, 0.3) is 0 Å². The van der Waals surface area contributed by atoms with Crippen LogP contribution in [0.2, 0.25) is 0 Å². The van der Waals surface area contributed by atoms with Crippen LogP contribution >= 0.6 is 23.5 Å². The molecule has 0 amide bonds. The van der Waals surface area contributed by atoms with Gasteiger partial charge in [0.05, 0.1) is 23.5 Å². The largest absolute Gasteiger partial charge is 3.00 e. The molecule has 19 heteroatoms. The summed E-state index contributed by atoms with van der Waals surface area (Å²) in [6.07, 6.45) is 0. The van der Waals surface area contributed by atoms with E-state index in [1.807, 2.05) is 0 Å². The molecule has 0 fully saturated rings. The van der Waals surface area contributed by atoms with E-state index < -0.39 is 23.5 Å². The van der Waals surface area contributed by atoms with Crippen molar-refractivity contribution in [2.75, 3.05) is 0 Å². The van der Waals surface area contributed by atoms with Crippen molar-refractivity contribution >= 4 is 58.2 Å². The standard InChI is InChI=1S/2Al.3H3O4P.2H2O/c;;3*1-5(2,3)4;;/h;;3*(H3,1,2,3,4);2*1H2/q2*+3;;;;;/p-6. The first-order chi connectivity index (χ1) is 6.00. The van der Waals surface area contributed by atoms with Gasteiger partial charge in [0.25, 0.3) is 0 Å². The van der Waals surface area contributed by atoms with Crippen molar-refractivity contribution in [3.8, 4) is 0 Å². The van der Waals surface area contributed by atoms with Gasteiger partial charge < -0.3 is 68.7 Å². The Balaban J connectivity index is -0.0000000206. The zero-order chi connectivity index (χ0) is 13.5. The fourth-order valence-electron chi connectivity index (χ4n) is 0. The molecule has 14 nitrogen and oxygen atoms in total. The average Bonchev–Trinajstić information content (AvgIpc) is 1.41. The minimum Gasteiger partial charge on any atom is -0.790 e. The van der Waals surface area contributed by atoms with Gasteiger partial charge in [0.1, 0.15) is 0 Å². The molecular weight excluding hydrogens is 371 g/mol. The van der Waals surface area contributed by atoms with Gasteiger partial charge in [0, 0.05) is 0 Å². The number of phosphoric acid groups is 3. The van der Waals surface area contributed by atoms with E-state index in [-0.39, 0.29) is 45.7 Å². The van der Waals surface area contributed by atoms with Gasteiger partial charge in [-0.05, 0) is 0 Å². The third kappa shape index (κ3) is 3350. The zero-order valence-corrected chi connectivity index (χ0v) is 13.5. The predicted octanol–water partition coefficient (Wildman–Crippen LogP) is -8.99. The Labute approximate surface area is 127 Å². The molecule has 0 rings (SSSR count). The van der Waals surface area contributed by atoms with E-state index in [2.05, 4.69) is 0 Å². The van der Waals surface area contributed by atoms with Crippen LogP contribution in [0.1, 0.15) is 0 Å². The monoisotopic (exact) mass is 378 g/mol.